The highest BCUT2D eigenvalue weighted by atomic mass is 16.6. The lowest BCUT2D eigenvalue weighted by atomic mass is 10.1. The average molecular weight is 341 g/mol. The molecule has 1 aliphatic rings. The van der Waals surface area contributed by atoms with Gasteiger partial charge in [0.1, 0.15) is 6.10 Å². The number of rotatable bonds is 6. The van der Waals surface area contributed by atoms with Crippen molar-refractivity contribution >= 4 is 5.91 Å². The molecule has 0 fully saturated rings. The zero-order chi connectivity index (χ0) is 17.6. The number of amides is 1. The van der Waals surface area contributed by atoms with E-state index in [1.165, 1.54) is 0 Å². The van der Waals surface area contributed by atoms with Gasteiger partial charge in [0.2, 0.25) is 6.10 Å². The molecule has 2 aromatic carbocycles. The highest BCUT2D eigenvalue weighted by Gasteiger charge is 2.33. The van der Waals surface area contributed by atoms with Crippen LogP contribution in [-0.2, 0) is 22.7 Å². The first-order valence-corrected chi connectivity index (χ1v) is 8.53. The molecule has 1 amide bonds. The summed E-state index contributed by atoms with van der Waals surface area (Å²) in [5.74, 6) is 1.09. The minimum absolute atomic E-state index is 0.180. The Morgan fingerprint density at radius 3 is 2.36 bits per heavy atom. The first-order valence-electron chi connectivity index (χ1n) is 8.53. The topological polar surface area (TPSA) is 56.8 Å². The molecule has 3 rings (SSSR count). The number of para-hydroxylation sites is 2. The molecule has 1 aliphatic heterocycles. The van der Waals surface area contributed by atoms with Gasteiger partial charge < -0.3 is 19.5 Å². The van der Waals surface area contributed by atoms with E-state index < -0.39 is 6.10 Å². The van der Waals surface area contributed by atoms with Gasteiger partial charge in [0.05, 0.1) is 6.61 Å². The maximum absolute atomic E-state index is 12.5. The Kier molecular flexibility index (Phi) is 5.56. The van der Waals surface area contributed by atoms with Crippen LogP contribution in [0.5, 0.6) is 11.5 Å². The molecule has 2 aromatic rings. The van der Waals surface area contributed by atoms with Gasteiger partial charge in [-0.15, -0.1) is 0 Å². The van der Waals surface area contributed by atoms with E-state index in [1.807, 2.05) is 56.3 Å². The monoisotopic (exact) mass is 341 g/mol. The van der Waals surface area contributed by atoms with Crippen LogP contribution < -0.4 is 14.8 Å². The Labute approximate surface area is 147 Å². The van der Waals surface area contributed by atoms with Crippen molar-refractivity contribution < 1.29 is 19.0 Å². The molecule has 0 saturated heterocycles. The third-order valence-corrected chi connectivity index (χ3v) is 4.06. The Morgan fingerprint density at radius 1 is 1.04 bits per heavy atom. The van der Waals surface area contributed by atoms with E-state index in [0.29, 0.717) is 31.3 Å². The molecule has 5 nitrogen and oxygen atoms in total. The molecule has 0 aliphatic carbocycles. The van der Waals surface area contributed by atoms with Crippen molar-refractivity contribution in [3.05, 3.63) is 59.7 Å². The maximum Gasteiger partial charge on any atom is 0.265 e. The summed E-state index contributed by atoms with van der Waals surface area (Å²) in [4.78, 5) is 12.5. The first-order chi connectivity index (χ1) is 12.2. The van der Waals surface area contributed by atoms with Crippen LogP contribution in [0.4, 0.5) is 0 Å². The van der Waals surface area contributed by atoms with E-state index in [9.17, 15) is 4.79 Å². The van der Waals surface area contributed by atoms with Crippen molar-refractivity contribution in [1.29, 1.82) is 0 Å². The molecular formula is C20H23NO4. The molecule has 2 unspecified atom stereocenters. The molecule has 0 radical (unpaired) electrons. The SMILES string of the molecule is CCOCc1ccc(CNC(=O)C2Oc3ccccc3OC2C)cc1. The number of hydrogen-bond donors (Lipinski definition) is 1. The average Bonchev–Trinajstić information content (AvgIpc) is 2.64. The molecule has 5 heteroatoms. The summed E-state index contributed by atoms with van der Waals surface area (Å²) in [6.07, 6.45) is -1.00. The number of ether oxygens (including phenoxy) is 3. The van der Waals surface area contributed by atoms with E-state index in [0.717, 1.165) is 11.1 Å². The summed E-state index contributed by atoms with van der Waals surface area (Å²) in [5, 5.41) is 2.92. The molecule has 132 valence electrons. The van der Waals surface area contributed by atoms with E-state index in [-0.39, 0.29) is 12.0 Å². The van der Waals surface area contributed by atoms with Gasteiger partial charge in [-0.2, -0.15) is 0 Å². The summed E-state index contributed by atoms with van der Waals surface area (Å²) in [7, 11) is 0. The van der Waals surface area contributed by atoms with Gasteiger partial charge in [-0.1, -0.05) is 36.4 Å². The molecule has 25 heavy (non-hydrogen) atoms. The zero-order valence-electron chi connectivity index (χ0n) is 14.5. The minimum atomic E-state index is -0.660. The van der Waals surface area contributed by atoms with Crippen molar-refractivity contribution in [3.63, 3.8) is 0 Å². The van der Waals surface area contributed by atoms with Crippen molar-refractivity contribution in [2.75, 3.05) is 6.61 Å². The summed E-state index contributed by atoms with van der Waals surface area (Å²) in [6.45, 7) is 5.56. The van der Waals surface area contributed by atoms with Gasteiger partial charge in [0.25, 0.3) is 5.91 Å². The van der Waals surface area contributed by atoms with Crippen LogP contribution >= 0.6 is 0 Å². The standard InChI is InChI=1S/C20H23NO4/c1-3-23-13-16-10-8-15(9-11-16)12-21-20(22)19-14(2)24-17-6-4-5-7-18(17)25-19/h4-11,14,19H,3,12-13H2,1-2H3,(H,21,22). The van der Waals surface area contributed by atoms with Crippen LogP contribution in [0, 0.1) is 0 Å². The minimum Gasteiger partial charge on any atom is -0.482 e. The van der Waals surface area contributed by atoms with Crippen molar-refractivity contribution in [2.24, 2.45) is 0 Å². The molecule has 0 saturated carbocycles. The Balaban J connectivity index is 1.56. The zero-order valence-corrected chi connectivity index (χ0v) is 14.5. The van der Waals surface area contributed by atoms with Gasteiger partial charge in [-0.05, 0) is 37.1 Å². The first kappa shape index (κ1) is 17.3. The summed E-state index contributed by atoms with van der Waals surface area (Å²) in [6, 6.07) is 15.4. The van der Waals surface area contributed by atoms with Crippen LogP contribution in [0.1, 0.15) is 25.0 Å². The lowest BCUT2D eigenvalue weighted by Gasteiger charge is -2.31. The van der Waals surface area contributed by atoms with Crippen molar-refractivity contribution in [3.8, 4) is 11.5 Å². The van der Waals surface area contributed by atoms with E-state index in [1.54, 1.807) is 6.07 Å². The largest absolute Gasteiger partial charge is 0.482 e. The van der Waals surface area contributed by atoms with E-state index >= 15 is 0 Å². The molecule has 0 bridgehead atoms. The van der Waals surface area contributed by atoms with E-state index in [2.05, 4.69) is 5.32 Å². The number of carbonyl (C=O) groups excluding carboxylic acids is 1. The molecule has 0 aromatic heterocycles. The molecule has 2 atom stereocenters. The van der Waals surface area contributed by atoms with Gasteiger partial charge in [-0.25, -0.2) is 0 Å². The number of carbonyl (C=O) groups is 1. The highest BCUT2D eigenvalue weighted by Crippen LogP contribution is 2.33. The number of hydrogen-bond acceptors (Lipinski definition) is 4. The normalized spacial score (nSPS) is 18.6. The summed E-state index contributed by atoms with van der Waals surface area (Å²) >= 11 is 0. The molecule has 1 heterocycles. The van der Waals surface area contributed by atoms with Crippen LogP contribution in [0.25, 0.3) is 0 Å². The predicted octanol–water partition coefficient (Wildman–Crippen LogP) is 3.07. The second-order valence-corrected chi connectivity index (χ2v) is 5.98. The van der Waals surface area contributed by atoms with Gasteiger partial charge >= 0.3 is 0 Å². The number of fused-ring (bicyclic) bond motifs is 1. The molecule has 1 N–H and O–H groups in total. The van der Waals surface area contributed by atoms with Crippen LogP contribution in [0.3, 0.4) is 0 Å². The number of benzene rings is 2. The van der Waals surface area contributed by atoms with Crippen LogP contribution in [0.15, 0.2) is 48.5 Å². The third-order valence-electron chi connectivity index (χ3n) is 4.06. The summed E-state index contributed by atoms with van der Waals surface area (Å²) < 4.78 is 17.0. The van der Waals surface area contributed by atoms with Crippen molar-refractivity contribution in [2.45, 2.75) is 39.2 Å². The van der Waals surface area contributed by atoms with Crippen molar-refractivity contribution in [1.82, 2.24) is 5.32 Å². The third kappa shape index (κ3) is 4.31. The molecule has 0 spiro atoms. The van der Waals surface area contributed by atoms with Gasteiger partial charge in [0.15, 0.2) is 11.5 Å². The lowest BCUT2D eigenvalue weighted by molar-refractivity contribution is -0.133. The fourth-order valence-corrected chi connectivity index (χ4v) is 2.67. The Hall–Kier alpha value is -2.53. The molecular weight excluding hydrogens is 318 g/mol. The fourth-order valence-electron chi connectivity index (χ4n) is 2.67. The second kappa shape index (κ2) is 8.03. The number of nitrogens with one attached hydrogen (secondary N) is 1. The van der Waals surface area contributed by atoms with Gasteiger partial charge in [-0.3, -0.25) is 4.79 Å². The Bertz CT molecular complexity index is 714. The quantitative estimate of drug-likeness (QED) is 0.877. The van der Waals surface area contributed by atoms with Crippen LogP contribution in [0.2, 0.25) is 0 Å². The second-order valence-electron chi connectivity index (χ2n) is 5.98. The highest BCUT2D eigenvalue weighted by molar-refractivity contribution is 5.82. The predicted molar refractivity (Wildman–Crippen MR) is 94.6 cm³/mol. The smallest absolute Gasteiger partial charge is 0.265 e. The van der Waals surface area contributed by atoms with Gasteiger partial charge in [0, 0.05) is 13.2 Å². The van der Waals surface area contributed by atoms with E-state index in [4.69, 9.17) is 14.2 Å². The Morgan fingerprint density at radius 2 is 1.68 bits per heavy atom. The maximum atomic E-state index is 12.5. The van der Waals surface area contributed by atoms with Crippen LogP contribution in [-0.4, -0.2) is 24.7 Å². The fraction of sp³-hybridized carbons (Fsp3) is 0.350. The lowest BCUT2D eigenvalue weighted by Crippen LogP contribution is -2.48. The summed E-state index contributed by atoms with van der Waals surface area (Å²) in [5.41, 5.74) is 2.14.